The monoisotopic (exact) mass is 656 g/mol. The van der Waals surface area contributed by atoms with Gasteiger partial charge in [0.15, 0.2) is 0 Å². The van der Waals surface area contributed by atoms with Gasteiger partial charge in [0.2, 0.25) is 0 Å². The molecule has 0 aliphatic rings. The molecule has 0 aromatic heterocycles. The highest BCUT2D eigenvalue weighted by atomic mass is 79.9. The van der Waals surface area contributed by atoms with Gasteiger partial charge in [0.1, 0.15) is 23.3 Å². The van der Waals surface area contributed by atoms with Crippen LogP contribution in [-0.2, 0) is 0 Å². The molecule has 164 valence electrons. The van der Waals surface area contributed by atoms with Gasteiger partial charge in [-0.15, -0.1) is 24.4 Å². The smallest absolute Gasteiger partial charge is 0.207 e. The van der Waals surface area contributed by atoms with E-state index in [0.29, 0.717) is 17.8 Å². The molecule has 29 heavy (non-hydrogen) atoms. The number of halogens is 11. The highest BCUT2D eigenvalue weighted by Crippen LogP contribution is 2.32. The lowest BCUT2D eigenvalue weighted by molar-refractivity contribution is 0.143. The second kappa shape index (κ2) is 13.4. The van der Waals surface area contributed by atoms with Crippen LogP contribution in [0.4, 0.5) is 35.1 Å². The number of hydrogen-bond donors (Lipinski definition) is 1. The zero-order valence-electron chi connectivity index (χ0n) is 13.9. The Morgan fingerprint density at radius 2 is 1.24 bits per heavy atom. The van der Waals surface area contributed by atoms with Crippen molar-refractivity contribution in [2.45, 2.75) is 19.5 Å². The second-order valence-electron chi connectivity index (χ2n) is 4.82. The van der Waals surface area contributed by atoms with Gasteiger partial charge in [0, 0.05) is 21.9 Å². The minimum atomic E-state index is -3.04. The molecule has 0 spiro atoms. The van der Waals surface area contributed by atoms with Gasteiger partial charge in [-0.3, -0.25) is 0 Å². The van der Waals surface area contributed by atoms with Gasteiger partial charge in [-0.2, -0.15) is 17.6 Å². The van der Waals surface area contributed by atoms with Crippen molar-refractivity contribution >= 4 is 72.2 Å². The molecular formula is C16H11Br3F8S2. The van der Waals surface area contributed by atoms with Crippen molar-refractivity contribution in [2.24, 2.45) is 0 Å². The van der Waals surface area contributed by atoms with Crippen LogP contribution in [0.15, 0.2) is 46.2 Å². The van der Waals surface area contributed by atoms with Gasteiger partial charge in [-0.1, -0.05) is 15.9 Å². The average molecular weight is 659 g/mol. The molecule has 0 N–H and O–H groups in total. The predicted molar refractivity (Wildman–Crippen MR) is 112 cm³/mol. The Kier molecular flexibility index (Phi) is 13.4. The van der Waals surface area contributed by atoms with Gasteiger partial charge in [0.25, 0.3) is 0 Å². The van der Waals surface area contributed by atoms with Crippen LogP contribution in [0.25, 0.3) is 0 Å². The summed E-state index contributed by atoms with van der Waals surface area (Å²) in [6.45, 7) is 0. The van der Waals surface area contributed by atoms with Gasteiger partial charge in [0.05, 0.1) is 11.1 Å². The Morgan fingerprint density at radius 3 is 1.59 bits per heavy atom. The summed E-state index contributed by atoms with van der Waals surface area (Å²) in [6.07, 6.45) is 0. The van der Waals surface area contributed by atoms with Crippen molar-refractivity contribution in [3.63, 3.8) is 0 Å². The van der Waals surface area contributed by atoms with E-state index in [-0.39, 0.29) is 15.1 Å². The molecule has 0 saturated heterocycles. The van der Waals surface area contributed by atoms with Crippen molar-refractivity contribution in [1.82, 2.24) is 0 Å². The summed E-state index contributed by atoms with van der Waals surface area (Å²) in [5.41, 5.74) is 0. The Labute approximate surface area is 196 Å². The largest absolute Gasteiger partial charge is 0.310 e. The minimum Gasteiger partial charge on any atom is -0.207 e. The van der Waals surface area contributed by atoms with Gasteiger partial charge in [-0.05, 0) is 56.1 Å². The zero-order chi connectivity index (χ0) is 22.8. The fourth-order valence-electron chi connectivity index (χ4n) is 1.23. The average Bonchev–Trinajstić information content (AvgIpc) is 2.57. The summed E-state index contributed by atoms with van der Waals surface area (Å²) in [6, 6.07) is 6.04. The number of alkyl halides is 7. The van der Waals surface area contributed by atoms with Crippen molar-refractivity contribution in [3.8, 4) is 0 Å². The van der Waals surface area contributed by atoms with E-state index in [9.17, 15) is 35.1 Å². The van der Waals surface area contributed by atoms with Crippen LogP contribution in [0.1, 0.15) is 0 Å². The molecule has 0 fully saturated rings. The SMILES string of the molecule is FC(F)(Br)CBr.Fc1ccc(S)c(F)c1.Fc1ccc(SCC(F)(F)Br)c(F)c1. The maximum absolute atomic E-state index is 12.9. The van der Waals surface area contributed by atoms with E-state index in [1.165, 1.54) is 6.07 Å². The quantitative estimate of drug-likeness (QED) is 0.149. The number of thiol groups is 1. The molecule has 0 heterocycles. The van der Waals surface area contributed by atoms with E-state index < -0.39 is 38.7 Å². The first kappa shape index (κ1) is 29.0. The summed E-state index contributed by atoms with van der Waals surface area (Å²) >= 11 is 11.1. The summed E-state index contributed by atoms with van der Waals surface area (Å²) in [4.78, 5) is -5.60. The molecule has 0 unspecified atom stereocenters. The van der Waals surface area contributed by atoms with Crippen LogP contribution in [0.5, 0.6) is 0 Å². The Hall–Kier alpha value is 0.0200. The molecule has 0 bridgehead atoms. The summed E-state index contributed by atoms with van der Waals surface area (Å²) in [7, 11) is 0. The summed E-state index contributed by atoms with van der Waals surface area (Å²) in [5, 5.41) is -0.333. The summed E-state index contributed by atoms with van der Waals surface area (Å²) in [5.74, 6) is -3.36. The number of rotatable bonds is 4. The molecule has 13 heteroatoms. The third-order valence-corrected chi connectivity index (χ3v) is 6.25. The lowest BCUT2D eigenvalue weighted by atomic mass is 10.3. The Bertz CT molecular complexity index is 767. The topological polar surface area (TPSA) is 0 Å². The fraction of sp³-hybridized carbons (Fsp3) is 0.250. The van der Waals surface area contributed by atoms with Crippen LogP contribution in [-0.4, -0.2) is 20.7 Å². The van der Waals surface area contributed by atoms with Crippen molar-refractivity contribution < 1.29 is 35.1 Å². The number of thioether (sulfide) groups is 1. The third kappa shape index (κ3) is 15.5. The van der Waals surface area contributed by atoms with E-state index >= 15 is 0 Å². The highest BCUT2D eigenvalue weighted by Gasteiger charge is 2.24. The standard InChI is InChI=1S/C8H5BrF4S.C6H4F2S.C2H2Br2F2/c9-8(12,13)4-14-7-2-1-5(10)3-6(7)11;7-4-1-2-6(9)5(8)3-4;3-1-2(4,5)6/h1-3H,4H2;1-3,9H;1H2. The molecule has 0 amide bonds. The van der Waals surface area contributed by atoms with E-state index in [2.05, 4.69) is 60.4 Å². The molecule has 2 aromatic carbocycles. The molecule has 0 aliphatic carbocycles. The van der Waals surface area contributed by atoms with E-state index in [1.54, 1.807) is 0 Å². The molecule has 0 radical (unpaired) electrons. The van der Waals surface area contributed by atoms with E-state index in [0.717, 1.165) is 24.3 Å². The van der Waals surface area contributed by atoms with Crippen LogP contribution in [0, 0.1) is 23.3 Å². The first-order valence-corrected chi connectivity index (χ1v) is 11.2. The predicted octanol–water partition coefficient (Wildman–Crippen LogP) is 8.67. The molecule has 0 aliphatic heterocycles. The van der Waals surface area contributed by atoms with E-state index in [4.69, 9.17) is 0 Å². The lowest BCUT2D eigenvalue weighted by Gasteiger charge is -2.07. The van der Waals surface area contributed by atoms with Gasteiger partial charge >= 0.3 is 9.66 Å². The van der Waals surface area contributed by atoms with Crippen LogP contribution < -0.4 is 0 Å². The molecule has 2 aromatic rings. The minimum absolute atomic E-state index is 0.00512. The molecular weight excluding hydrogens is 648 g/mol. The Morgan fingerprint density at radius 1 is 0.793 bits per heavy atom. The molecule has 0 atom stereocenters. The first-order valence-electron chi connectivity index (χ1n) is 7.06. The summed E-state index contributed by atoms with van der Waals surface area (Å²) < 4.78 is 96.9. The number of benzene rings is 2. The maximum atomic E-state index is 12.9. The Balaban J connectivity index is 0.000000448. The normalized spacial score (nSPS) is 11.2. The molecule has 0 saturated carbocycles. The highest BCUT2D eigenvalue weighted by molar-refractivity contribution is 9.12. The zero-order valence-corrected chi connectivity index (χ0v) is 20.4. The third-order valence-electron chi connectivity index (χ3n) is 2.35. The molecule has 0 nitrogen and oxygen atoms in total. The van der Waals surface area contributed by atoms with Gasteiger partial charge < -0.3 is 0 Å². The van der Waals surface area contributed by atoms with Crippen molar-refractivity contribution in [2.75, 3.05) is 11.1 Å². The van der Waals surface area contributed by atoms with Crippen LogP contribution in [0.2, 0.25) is 0 Å². The van der Waals surface area contributed by atoms with Crippen molar-refractivity contribution in [1.29, 1.82) is 0 Å². The van der Waals surface area contributed by atoms with Crippen LogP contribution in [0.3, 0.4) is 0 Å². The van der Waals surface area contributed by atoms with Crippen molar-refractivity contribution in [3.05, 3.63) is 59.7 Å². The lowest BCUT2D eigenvalue weighted by Crippen LogP contribution is -2.08. The second-order valence-corrected chi connectivity index (χ2v) is 9.20. The maximum Gasteiger partial charge on any atom is 0.310 e. The number of hydrogen-bond acceptors (Lipinski definition) is 2. The molecule has 2 rings (SSSR count). The fourth-order valence-corrected chi connectivity index (χ4v) is 2.40. The van der Waals surface area contributed by atoms with E-state index in [1.807, 2.05) is 0 Å². The van der Waals surface area contributed by atoms with Crippen LogP contribution >= 0.6 is 72.2 Å². The van der Waals surface area contributed by atoms with Gasteiger partial charge in [-0.25, -0.2) is 17.6 Å². The first-order chi connectivity index (χ1) is 13.1.